The quantitative estimate of drug-likeness (QED) is 0.552. The summed E-state index contributed by atoms with van der Waals surface area (Å²) in [6.07, 6.45) is 0. The van der Waals surface area contributed by atoms with Crippen LogP contribution in [0.4, 0.5) is 11.5 Å². The van der Waals surface area contributed by atoms with E-state index in [4.69, 9.17) is 0 Å². The number of anilines is 2. The lowest BCUT2D eigenvalue weighted by Gasteiger charge is -2.24. The van der Waals surface area contributed by atoms with Crippen LogP contribution < -0.4 is 21.0 Å². The predicted molar refractivity (Wildman–Crippen MR) is 112 cm³/mol. The van der Waals surface area contributed by atoms with Gasteiger partial charge in [-0.2, -0.15) is 0 Å². The first kappa shape index (κ1) is 19.4. The van der Waals surface area contributed by atoms with Gasteiger partial charge in [0.15, 0.2) is 11.5 Å². The van der Waals surface area contributed by atoms with Gasteiger partial charge < -0.3 is 0 Å². The second-order valence-corrected chi connectivity index (χ2v) is 7.36. The Morgan fingerprint density at radius 2 is 0.906 bits per heavy atom. The summed E-state index contributed by atoms with van der Waals surface area (Å²) in [5.41, 5.74) is -2.06. The molecule has 158 valence electrons. The Balaban J connectivity index is 1.82. The zero-order valence-electron chi connectivity index (χ0n) is 16.9. The van der Waals surface area contributed by atoms with E-state index < -0.39 is 46.4 Å². The van der Waals surface area contributed by atoms with E-state index in [2.05, 4.69) is 0 Å². The minimum atomic E-state index is -0.992. The van der Waals surface area contributed by atoms with Gasteiger partial charge in [0.05, 0.1) is 22.3 Å². The van der Waals surface area contributed by atoms with E-state index in [1.54, 1.807) is 24.3 Å². The minimum Gasteiger partial charge on any atom is -0.280 e. The monoisotopic (exact) mass is 430 g/mol. The number of amides is 4. The lowest BCUT2D eigenvalue weighted by molar-refractivity contribution is 0.0901. The Morgan fingerprint density at radius 1 is 0.531 bits per heavy atom. The Labute approximate surface area is 179 Å². The van der Waals surface area contributed by atoms with Crippen molar-refractivity contribution in [2.24, 2.45) is 14.1 Å². The lowest BCUT2D eigenvalue weighted by atomic mass is 10.1. The molecule has 4 amide bonds. The molecule has 10 heteroatoms. The summed E-state index contributed by atoms with van der Waals surface area (Å²) in [6, 6.07) is 12.0. The summed E-state index contributed by atoms with van der Waals surface area (Å²) in [7, 11) is 2.43. The number of hydrogen-bond donors (Lipinski definition) is 0. The number of benzene rings is 2. The SMILES string of the molecule is Cn1c(N2C(=O)c3ccccc3C2=O)c(N2C(=O)c3ccccc3C2=O)c(=O)n(C)c1=O. The molecule has 2 aliphatic heterocycles. The number of nitrogens with zero attached hydrogens (tertiary/aromatic N) is 4. The van der Waals surface area contributed by atoms with Crippen molar-refractivity contribution >= 4 is 35.1 Å². The first-order chi connectivity index (χ1) is 15.3. The number of carbonyl (C=O) groups is 4. The standard InChI is InChI=1S/C22H14N4O6/c1-23-16(26-19(29)13-9-5-6-10-14(13)20(26)30)15(21(31)24(2)22(23)32)25-17(27)11-7-3-4-8-12(11)18(25)28/h3-10H,1-2H3. The average molecular weight is 430 g/mol. The van der Waals surface area contributed by atoms with Crippen LogP contribution in [0.1, 0.15) is 41.4 Å². The predicted octanol–water partition coefficient (Wildman–Crippen LogP) is 0.685. The Bertz CT molecular complexity index is 1460. The fourth-order valence-corrected chi connectivity index (χ4v) is 4.04. The van der Waals surface area contributed by atoms with Crippen LogP contribution >= 0.6 is 0 Å². The van der Waals surface area contributed by atoms with Gasteiger partial charge in [-0.15, -0.1) is 0 Å². The summed E-state index contributed by atoms with van der Waals surface area (Å²) in [5, 5.41) is 0. The van der Waals surface area contributed by atoms with Crippen LogP contribution in [0, 0.1) is 0 Å². The summed E-state index contributed by atoms with van der Waals surface area (Å²) in [5.74, 6) is -3.57. The van der Waals surface area contributed by atoms with Gasteiger partial charge in [-0.25, -0.2) is 14.6 Å². The van der Waals surface area contributed by atoms with Gasteiger partial charge in [0, 0.05) is 14.1 Å². The molecule has 0 saturated heterocycles. The molecule has 0 N–H and O–H groups in total. The van der Waals surface area contributed by atoms with E-state index in [0.29, 0.717) is 14.4 Å². The van der Waals surface area contributed by atoms with Gasteiger partial charge in [0.1, 0.15) is 0 Å². The minimum absolute atomic E-state index is 0.0710. The van der Waals surface area contributed by atoms with Crippen molar-refractivity contribution in [3.8, 4) is 0 Å². The molecule has 0 fully saturated rings. The molecular formula is C22H14N4O6. The maximum atomic E-state index is 13.2. The Hall–Kier alpha value is -4.60. The van der Waals surface area contributed by atoms with Crippen molar-refractivity contribution in [2.45, 2.75) is 0 Å². The molecular weight excluding hydrogens is 416 g/mol. The number of hydrogen-bond acceptors (Lipinski definition) is 6. The highest BCUT2D eigenvalue weighted by Gasteiger charge is 2.45. The third kappa shape index (κ3) is 2.28. The van der Waals surface area contributed by atoms with Gasteiger partial charge in [-0.1, -0.05) is 24.3 Å². The number of carbonyl (C=O) groups excluding carboxylic acids is 4. The lowest BCUT2D eigenvalue weighted by Crippen LogP contribution is -2.47. The van der Waals surface area contributed by atoms with Gasteiger partial charge in [-0.3, -0.25) is 33.1 Å². The van der Waals surface area contributed by atoms with Crippen molar-refractivity contribution in [1.29, 1.82) is 0 Å². The highest BCUT2D eigenvalue weighted by Crippen LogP contribution is 2.35. The molecule has 2 aliphatic rings. The summed E-state index contributed by atoms with van der Waals surface area (Å²) < 4.78 is 1.61. The highest BCUT2D eigenvalue weighted by molar-refractivity contribution is 6.38. The summed E-state index contributed by atoms with van der Waals surface area (Å²) >= 11 is 0. The van der Waals surface area contributed by atoms with Gasteiger partial charge in [0.25, 0.3) is 29.2 Å². The largest absolute Gasteiger partial charge is 0.332 e. The molecule has 32 heavy (non-hydrogen) atoms. The smallest absolute Gasteiger partial charge is 0.280 e. The normalized spacial score (nSPS) is 14.9. The van der Waals surface area contributed by atoms with Crippen LogP contribution in [-0.4, -0.2) is 32.8 Å². The first-order valence-electron chi connectivity index (χ1n) is 9.51. The molecule has 2 aromatic carbocycles. The fraction of sp³-hybridized carbons (Fsp3) is 0.0909. The van der Waals surface area contributed by atoms with Crippen LogP contribution in [0.25, 0.3) is 0 Å². The zero-order valence-corrected chi connectivity index (χ0v) is 16.9. The Kier molecular flexibility index (Phi) is 3.90. The van der Waals surface area contributed by atoms with E-state index in [1.807, 2.05) is 0 Å². The van der Waals surface area contributed by atoms with E-state index in [9.17, 15) is 28.8 Å². The third-order valence-electron chi connectivity index (χ3n) is 5.63. The molecule has 3 aromatic rings. The third-order valence-corrected chi connectivity index (χ3v) is 5.63. The molecule has 0 atom stereocenters. The van der Waals surface area contributed by atoms with Gasteiger partial charge in [-0.05, 0) is 24.3 Å². The van der Waals surface area contributed by atoms with Crippen LogP contribution in [-0.2, 0) is 14.1 Å². The van der Waals surface area contributed by atoms with Crippen molar-refractivity contribution in [1.82, 2.24) is 9.13 Å². The summed E-state index contributed by atoms with van der Waals surface area (Å²) in [6.45, 7) is 0. The Morgan fingerprint density at radius 3 is 1.31 bits per heavy atom. The fourth-order valence-electron chi connectivity index (χ4n) is 4.04. The van der Waals surface area contributed by atoms with Crippen LogP contribution in [0.5, 0.6) is 0 Å². The number of imide groups is 2. The van der Waals surface area contributed by atoms with Crippen molar-refractivity contribution < 1.29 is 19.2 Å². The van der Waals surface area contributed by atoms with E-state index in [-0.39, 0.29) is 22.3 Å². The number of rotatable bonds is 2. The molecule has 1 aromatic heterocycles. The maximum Gasteiger partial charge on any atom is 0.332 e. The molecule has 5 rings (SSSR count). The topological polar surface area (TPSA) is 119 Å². The molecule has 0 aliphatic carbocycles. The van der Waals surface area contributed by atoms with E-state index in [1.165, 1.54) is 38.4 Å². The van der Waals surface area contributed by atoms with Gasteiger partial charge >= 0.3 is 5.69 Å². The summed E-state index contributed by atoms with van der Waals surface area (Å²) in [4.78, 5) is 79.6. The molecule has 0 radical (unpaired) electrons. The van der Waals surface area contributed by atoms with Crippen LogP contribution in [0.15, 0.2) is 58.1 Å². The van der Waals surface area contributed by atoms with Gasteiger partial charge in [0.2, 0.25) is 0 Å². The molecule has 0 unspecified atom stereocenters. The van der Waals surface area contributed by atoms with Crippen molar-refractivity contribution in [3.05, 3.63) is 91.6 Å². The number of fused-ring (bicyclic) bond motifs is 2. The van der Waals surface area contributed by atoms with Crippen molar-refractivity contribution in [2.75, 3.05) is 9.80 Å². The van der Waals surface area contributed by atoms with E-state index in [0.717, 1.165) is 4.57 Å². The molecule has 10 nitrogen and oxygen atoms in total. The van der Waals surface area contributed by atoms with Crippen molar-refractivity contribution in [3.63, 3.8) is 0 Å². The molecule has 0 bridgehead atoms. The zero-order chi connectivity index (χ0) is 22.9. The average Bonchev–Trinajstić information content (AvgIpc) is 3.20. The first-order valence-corrected chi connectivity index (χ1v) is 9.51. The van der Waals surface area contributed by atoms with E-state index >= 15 is 0 Å². The molecule has 0 spiro atoms. The van der Waals surface area contributed by atoms with Crippen LogP contribution in [0.3, 0.4) is 0 Å². The highest BCUT2D eigenvalue weighted by atomic mass is 16.2. The second-order valence-electron chi connectivity index (χ2n) is 7.36. The molecule has 0 saturated carbocycles. The maximum absolute atomic E-state index is 13.2. The molecule has 3 heterocycles. The second kappa shape index (κ2) is 6.45. The van der Waals surface area contributed by atoms with Crippen LogP contribution in [0.2, 0.25) is 0 Å². The number of aromatic nitrogens is 2.